The fourth-order valence-corrected chi connectivity index (χ4v) is 2.88. The van der Waals surface area contributed by atoms with Crippen molar-refractivity contribution in [2.45, 2.75) is 58.9 Å². The van der Waals surface area contributed by atoms with E-state index in [1.807, 2.05) is 38.1 Å². The fraction of sp³-hybridized carbons (Fsp3) is 0.550. The average Bonchev–Trinajstić information content (AvgIpc) is 3.30. The topological polar surface area (TPSA) is 68.0 Å². The van der Waals surface area contributed by atoms with E-state index < -0.39 is 0 Å². The van der Waals surface area contributed by atoms with Gasteiger partial charge >= 0.3 is 0 Å². The SMILES string of the molecule is CC(C)Cc1ccc(C(=O)NC(c2nc(C3CC3)no2)C(C)C)cc1. The maximum absolute atomic E-state index is 12.6. The summed E-state index contributed by atoms with van der Waals surface area (Å²) in [6.45, 7) is 8.46. The van der Waals surface area contributed by atoms with E-state index in [0.717, 1.165) is 25.1 Å². The largest absolute Gasteiger partial charge is 0.340 e. The summed E-state index contributed by atoms with van der Waals surface area (Å²) in [6.07, 6.45) is 3.27. The molecule has 0 spiro atoms. The molecule has 25 heavy (non-hydrogen) atoms. The highest BCUT2D eigenvalue weighted by atomic mass is 16.5. The van der Waals surface area contributed by atoms with Crippen LogP contribution < -0.4 is 5.32 Å². The molecule has 1 fully saturated rings. The van der Waals surface area contributed by atoms with E-state index in [1.165, 1.54) is 5.56 Å². The standard InChI is InChI=1S/C20H27N3O2/c1-12(2)11-14-5-7-16(8-6-14)19(24)21-17(13(3)4)20-22-18(23-25-20)15-9-10-15/h5-8,12-13,15,17H,9-11H2,1-4H3,(H,21,24). The van der Waals surface area contributed by atoms with Crippen LogP contribution in [0.1, 0.15) is 80.1 Å². The summed E-state index contributed by atoms with van der Waals surface area (Å²) in [7, 11) is 0. The highest BCUT2D eigenvalue weighted by Crippen LogP contribution is 2.38. The number of aromatic nitrogens is 2. The van der Waals surface area contributed by atoms with E-state index in [-0.39, 0.29) is 17.9 Å². The lowest BCUT2D eigenvalue weighted by atomic mass is 10.0. The van der Waals surface area contributed by atoms with Crippen molar-refractivity contribution in [3.05, 3.63) is 47.1 Å². The van der Waals surface area contributed by atoms with Crippen LogP contribution in [0.4, 0.5) is 0 Å². The maximum atomic E-state index is 12.6. The van der Waals surface area contributed by atoms with E-state index >= 15 is 0 Å². The summed E-state index contributed by atoms with van der Waals surface area (Å²) < 4.78 is 5.41. The van der Waals surface area contributed by atoms with Crippen molar-refractivity contribution in [2.24, 2.45) is 11.8 Å². The van der Waals surface area contributed by atoms with Gasteiger partial charge in [0, 0.05) is 11.5 Å². The molecule has 1 saturated carbocycles. The van der Waals surface area contributed by atoms with Gasteiger partial charge in [-0.25, -0.2) is 0 Å². The van der Waals surface area contributed by atoms with Gasteiger partial charge in [0.25, 0.3) is 5.91 Å². The summed E-state index contributed by atoms with van der Waals surface area (Å²) in [5.41, 5.74) is 1.90. The number of benzene rings is 1. The summed E-state index contributed by atoms with van der Waals surface area (Å²) in [5, 5.41) is 7.11. The molecule has 0 aliphatic heterocycles. The first kappa shape index (κ1) is 17.6. The molecule has 5 nitrogen and oxygen atoms in total. The van der Waals surface area contributed by atoms with Crippen LogP contribution in [0.3, 0.4) is 0 Å². The van der Waals surface area contributed by atoms with Crippen molar-refractivity contribution in [3.63, 3.8) is 0 Å². The molecule has 1 N–H and O–H groups in total. The highest BCUT2D eigenvalue weighted by Gasteiger charge is 2.31. The van der Waals surface area contributed by atoms with Crippen molar-refractivity contribution in [3.8, 4) is 0 Å². The van der Waals surface area contributed by atoms with E-state index in [1.54, 1.807) is 0 Å². The smallest absolute Gasteiger partial charge is 0.251 e. The Kier molecular flexibility index (Phi) is 5.21. The quantitative estimate of drug-likeness (QED) is 0.816. The number of carbonyl (C=O) groups is 1. The predicted molar refractivity (Wildman–Crippen MR) is 96.3 cm³/mol. The number of hydrogen-bond acceptors (Lipinski definition) is 4. The van der Waals surface area contributed by atoms with Crippen LogP contribution in [-0.4, -0.2) is 16.0 Å². The van der Waals surface area contributed by atoms with Gasteiger partial charge in [0.2, 0.25) is 5.89 Å². The van der Waals surface area contributed by atoms with Crippen LogP contribution in [0.25, 0.3) is 0 Å². The summed E-state index contributed by atoms with van der Waals surface area (Å²) in [6, 6.07) is 7.54. The Hall–Kier alpha value is -2.17. The third-order valence-corrected chi connectivity index (χ3v) is 4.48. The second-order valence-electron chi connectivity index (χ2n) is 7.76. The summed E-state index contributed by atoms with van der Waals surface area (Å²) in [4.78, 5) is 17.1. The van der Waals surface area contributed by atoms with Crippen LogP contribution >= 0.6 is 0 Å². The molecule has 3 rings (SSSR count). The monoisotopic (exact) mass is 341 g/mol. The van der Waals surface area contributed by atoms with Gasteiger partial charge in [-0.2, -0.15) is 4.98 Å². The minimum Gasteiger partial charge on any atom is -0.340 e. The van der Waals surface area contributed by atoms with Gasteiger partial charge in [-0.1, -0.05) is 45.0 Å². The third-order valence-electron chi connectivity index (χ3n) is 4.48. The number of nitrogens with one attached hydrogen (secondary N) is 1. The van der Waals surface area contributed by atoms with Crippen LogP contribution in [0.5, 0.6) is 0 Å². The van der Waals surface area contributed by atoms with Gasteiger partial charge < -0.3 is 9.84 Å². The average molecular weight is 341 g/mol. The molecule has 1 aromatic heterocycles. The second-order valence-corrected chi connectivity index (χ2v) is 7.76. The molecule has 1 amide bonds. The molecule has 1 aliphatic rings. The normalized spacial score (nSPS) is 15.6. The second kappa shape index (κ2) is 7.38. The van der Waals surface area contributed by atoms with Crippen molar-refractivity contribution in [1.82, 2.24) is 15.5 Å². The first-order valence-electron chi connectivity index (χ1n) is 9.17. The number of nitrogens with zero attached hydrogens (tertiary/aromatic N) is 2. The Morgan fingerprint density at radius 3 is 2.44 bits per heavy atom. The molecule has 1 atom stereocenters. The van der Waals surface area contributed by atoms with Crippen molar-refractivity contribution in [1.29, 1.82) is 0 Å². The molecule has 1 aromatic carbocycles. The zero-order chi connectivity index (χ0) is 18.0. The molecule has 134 valence electrons. The molecule has 1 unspecified atom stereocenters. The van der Waals surface area contributed by atoms with E-state index in [0.29, 0.717) is 23.3 Å². The van der Waals surface area contributed by atoms with Crippen molar-refractivity contribution >= 4 is 5.91 Å². The predicted octanol–water partition coefficient (Wildman–Crippen LogP) is 4.27. The number of hydrogen-bond donors (Lipinski definition) is 1. The lowest BCUT2D eigenvalue weighted by molar-refractivity contribution is 0.0914. The highest BCUT2D eigenvalue weighted by molar-refractivity contribution is 5.94. The van der Waals surface area contributed by atoms with Gasteiger partial charge in [0.05, 0.1) is 0 Å². The molecule has 0 radical (unpaired) electrons. The first-order chi connectivity index (χ1) is 11.9. The minimum absolute atomic E-state index is 0.110. The Labute approximate surface area is 149 Å². The van der Waals surface area contributed by atoms with Gasteiger partial charge in [-0.05, 0) is 48.8 Å². The molecule has 0 saturated heterocycles. The molecule has 5 heteroatoms. The summed E-state index contributed by atoms with van der Waals surface area (Å²) in [5.74, 6) is 2.37. The van der Waals surface area contributed by atoms with Gasteiger partial charge in [-0.15, -0.1) is 0 Å². The molecule has 0 bridgehead atoms. The Morgan fingerprint density at radius 1 is 1.20 bits per heavy atom. The number of amides is 1. The van der Waals surface area contributed by atoms with E-state index in [2.05, 4.69) is 29.3 Å². The first-order valence-corrected chi connectivity index (χ1v) is 9.17. The third kappa shape index (κ3) is 4.47. The lowest BCUT2D eigenvalue weighted by Gasteiger charge is -2.18. The van der Waals surface area contributed by atoms with E-state index in [4.69, 9.17) is 4.52 Å². The molecular weight excluding hydrogens is 314 g/mol. The molecule has 1 heterocycles. The van der Waals surface area contributed by atoms with Crippen LogP contribution in [-0.2, 0) is 6.42 Å². The molecule has 2 aromatic rings. The van der Waals surface area contributed by atoms with Crippen molar-refractivity contribution in [2.75, 3.05) is 0 Å². The van der Waals surface area contributed by atoms with E-state index in [9.17, 15) is 4.79 Å². The maximum Gasteiger partial charge on any atom is 0.251 e. The Morgan fingerprint density at radius 2 is 1.88 bits per heavy atom. The van der Waals surface area contributed by atoms with Gasteiger partial charge in [-0.3, -0.25) is 4.79 Å². The van der Waals surface area contributed by atoms with Gasteiger partial charge in [0.15, 0.2) is 5.82 Å². The molecular formula is C20H27N3O2. The van der Waals surface area contributed by atoms with Crippen LogP contribution in [0, 0.1) is 11.8 Å². The Balaban J connectivity index is 1.69. The number of carbonyl (C=O) groups excluding carboxylic acids is 1. The molecule has 1 aliphatic carbocycles. The van der Waals surface area contributed by atoms with Crippen LogP contribution in [0.2, 0.25) is 0 Å². The minimum atomic E-state index is -0.275. The van der Waals surface area contributed by atoms with Crippen molar-refractivity contribution < 1.29 is 9.32 Å². The zero-order valence-electron chi connectivity index (χ0n) is 15.5. The van der Waals surface area contributed by atoms with Crippen LogP contribution in [0.15, 0.2) is 28.8 Å². The number of rotatable bonds is 7. The van der Waals surface area contributed by atoms with Gasteiger partial charge in [0.1, 0.15) is 6.04 Å². The zero-order valence-corrected chi connectivity index (χ0v) is 15.5. The fourth-order valence-electron chi connectivity index (χ4n) is 2.88. The Bertz CT molecular complexity index is 715. The lowest BCUT2D eigenvalue weighted by Crippen LogP contribution is -2.32. The summed E-state index contributed by atoms with van der Waals surface area (Å²) >= 11 is 0.